The minimum absolute atomic E-state index is 0.114. The first-order valence-electron chi connectivity index (χ1n) is 8.95. The number of hydrogen-bond donors (Lipinski definition) is 2. The molecule has 0 saturated carbocycles. The Morgan fingerprint density at radius 3 is 2.62 bits per heavy atom. The number of benzene rings is 2. The van der Waals surface area contributed by atoms with Crippen molar-refractivity contribution >= 4 is 29.3 Å². The number of nitrogens with zero attached hydrogens (tertiary/aromatic N) is 3. The Kier molecular flexibility index (Phi) is 6.50. The minimum atomic E-state index is -0.396. The highest BCUT2D eigenvalue weighted by atomic mass is 32.2. The zero-order chi connectivity index (χ0) is 20.8. The van der Waals surface area contributed by atoms with E-state index in [1.54, 1.807) is 31.2 Å². The number of hydrogen-bond acceptors (Lipinski definition) is 7. The molecule has 0 atom stereocenters. The first-order valence-corrected chi connectivity index (χ1v) is 9.94. The molecule has 3 aromatic rings. The number of anilines is 1. The van der Waals surface area contributed by atoms with Gasteiger partial charge in [-0.15, -0.1) is 10.2 Å². The van der Waals surface area contributed by atoms with Gasteiger partial charge in [0.25, 0.3) is 0 Å². The number of esters is 1. The van der Waals surface area contributed by atoms with Gasteiger partial charge in [-0.3, -0.25) is 4.79 Å². The van der Waals surface area contributed by atoms with Crippen LogP contribution < -0.4 is 11.2 Å². The van der Waals surface area contributed by atoms with Gasteiger partial charge in [0, 0.05) is 11.3 Å². The van der Waals surface area contributed by atoms with Crippen LogP contribution in [0.3, 0.4) is 0 Å². The third-order valence-electron chi connectivity index (χ3n) is 3.95. The van der Waals surface area contributed by atoms with Crippen LogP contribution in [0.4, 0.5) is 5.69 Å². The summed E-state index contributed by atoms with van der Waals surface area (Å²) in [6, 6.07) is 14.3. The van der Waals surface area contributed by atoms with Gasteiger partial charge in [0.1, 0.15) is 0 Å². The second-order valence-electron chi connectivity index (χ2n) is 6.18. The van der Waals surface area contributed by atoms with Crippen LogP contribution in [-0.2, 0) is 9.53 Å². The van der Waals surface area contributed by atoms with Crippen molar-refractivity contribution < 1.29 is 14.3 Å². The van der Waals surface area contributed by atoms with Gasteiger partial charge in [-0.1, -0.05) is 35.5 Å². The lowest BCUT2D eigenvalue weighted by atomic mass is 10.1. The Morgan fingerprint density at radius 2 is 1.93 bits per heavy atom. The van der Waals surface area contributed by atoms with E-state index < -0.39 is 5.97 Å². The van der Waals surface area contributed by atoms with Crippen LogP contribution in [0.1, 0.15) is 22.8 Å². The van der Waals surface area contributed by atoms with E-state index in [-0.39, 0.29) is 11.7 Å². The molecule has 29 heavy (non-hydrogen) atoms. The largest absolute Gasteiger partial charge is 0.462 e. The van der Waals surface area contributed by atoms with Gasteiger partial charge in [0.2, 0.25) is 11.1 Å². The van der Waals surface area contributed by atoms with E-state index in [9.17, 15) is 9.59 Å². The van der Waals surface area contributed by atoms with E-state index in [2.05, 4.69) is 15.5 Å². The summed E-state index contributed by atoms with van der Waals surface area (Å²) in [5, 5.41) is 11.4. The van der Waals surface area contributed by atoms with E-state index in [4.69, 9.17) is 10.6 Å². The Balaban J connectivity index is 1.58. The second-order valence-corrected chi connectivity index (χ2v) is 7.12. The number of nitrogen functional groups attached to an aromatic ring is 1. The highest BCUT2D eigenvalue weighted by Gasteiger charge is 2.14. The summed E-state index contributed by atoms with van der Waals surface area (Å²) in [6.45, 7) is 4.04. The quantitative estimate of drug-likeness (QED) is 0.349. The molecule has 0 aliphatic carbocycles. The van der Waals surface area contributed by atoms with Crippen molar-refractivity contribution in [1.29, 1.82) is 0 Å². The SMILES string of the molecule is CCOC(=O)c1ccc(NC(=O)CSc2nnc(-c3cccc(C)c3)n2N)cc1. The molecule has 2 aromatic carbocycles. The number of rotatable bonds is 7. The fourth-order valence-corrected chi connectivity index (χ4v) is 3.24. The van der Waals surface area contributed by atoms with Crippen LogP contribution in [0.5, 0.6) is 0 Å². The molecule has 1 aromatic heterocycles. The van der Waals surface area contributed by atoms with Gasteiger partial charge in [-0.05, 0) is 44.2 Å². The normalized spacial score (nSPS) is 10.6. The molecule has 1 amide bonds. The maximum Gasteiger partial charge on any atom is 0.338 e. The Bertz CT molecular complexity index is 1020. The lowest BCUT2D eigenvalue weighted by Crippen LogP contribution is -2.16. The summed E-state index contributed by atoms with van der Waals surface area (Å²) >= 11 is 1.19. The van der Waals surface area contributed by atoms with Gasteiger partial charge in [-0.2, -0.15) is 0 Å². The molecule has 0 unspecified atom stereocenters. The second kappa shape index (κ2) is 9.24. The summed E-state index contributed by atoms with van der Waals surface area (Å²) in [6.07, 6.45) is 0. The van der Waals surface area contributed by atoms with Crippen LogP contribution in [0.25, 0.3) is 11.4 Å². The number of amides is 1. The molecule has 0 fully saturated rings. The molecule has 8 nitrogen and oxygen atoms in total. The zero-order valence-corrected chi connectivity index (χ0v) is 16.9. The number of carbonyl (C=O) groups is 2. The molecular weight excluding hydrogens is 390 g/mol. The number of aromatic nitrogens is 3. The molecule has 0 aliphatic heterocycles. The Morgan fingerprint density at radius 1 is 1.17 bits per heavy atom. The lowest BCUT2D eigenvalue weighted by molar-refractivity contribution is -0.113. The highest BCUT2D eigenvalue weighted by molar-refractivity contribution is 7.99. The maximum atomic E-state index is 12.2. The molecule has 0 saturated heterocycles. The number of nitrogens with one attached hydrogen (secondary N) is 1. The summed E-state index contributed by atoms with van der Waals surface area (Å²) < 4.78 is 6.31. The average Bonchev–Trinajstić information content (AvgIpc) is 3.07. The standard InChI is InChI=1S/C20H21N5O3S/c1-3-28-19(27)14-7-9-16(10-8-14)22-17(26)12-29-20-24-23-18(25(20)21)15-6-4-5-13(2)11-15/h4-11H,3,12,21H2,1-2H3,(H,22,26). The number of aryl methyl sites for hydroxylation is 1. The highest BCUT2D eigenvalue weighted by Crippen LogP contribution is 2.22. The van der Waals surface area contributed by atoms with Crippen molar-refractivity contribution in [3.8, 4) is 11.4 Å². The Labute approximate surface area is 172 Å². The number of ether oxygens (including phenoxy) is 1. The smallest absolute Gasteiger partial charge is 0.338 e. The minimum Gasteiger partial charge on any atom is -0.462 e. The van der Waals surface area contributed by atoms with Crippen LogP contribution in [-0.4, -0.2) is 39.1 Å². The number of carbonyl (C=O) groups excluding carboxylic acids is 2. The van der Waals surface area contributed by atoms with Crippen molar-refractivity contribution in [2.75, 3.05) is 23.5 Å². The Hall–Kier alpha value is -3.33. The van der Waals surface area contributed by atoms with E-state index in [1.165, 1.54) is 16.4 Å². The van der Waals surface area contributed by atoms with E-state index in [0.717, 1.165) is 11.1 Å². The van der Waals surface area contributed by atoms with Crippen molar-refractivity contribution in [3.63, 3.8) is 0 Å². The van der Waals surface area contributed by atoms with Gasteiger partial charge >= 0.3 is 5.97 Å². The molecule has 3 N–H and O–H groups in total. The van der Waals surface area contributed by atoms with Crippen LogP contribution in [0.2, 0.25) is 0 Å². The topological polar surface area (TPSA) is 112 Å². The number of thioether (sulfide) groups is 1. The molecule has 1 heterocycles. The fourth-order valence-electron chi connectivity index (χ4n) is 2.59. The molecule has 3 rings (SSSR count). The van der Waals surface area contributed by atoms with Gasteiger partial charge in [-0.25, -0.2) is 9.47 Å². The monoisotopic (exact) mass is 411 g/mol. The van der Waals surface area contributed by atoms with Crippen LogP contribution in [0.15, 0.2) is 53.7 Å². The van der Waals surface area contributed by atoms with Gasteiger partial charge in [0.15, 0.2) is 5.82 Å². The van der Waals surface area contributed by atoms with Gasteiger partial charge in [0.05, 0.1) is 17.9 Å². The summed E-state index contributed by atoms with van der Waals surface area (Å²) in [4.78, 5) is 23.9. The van der Waals surface area contributed by atoms with Crippen molar-refractivity contribution in [3.05, 3.63) is 59.7 Å². The van der Waals surface area contributed by atoms with E-state index in [1.807, 2.05) is 31.2 Å². The molecule has 0 aliphatic rings. The third kappa shape index (κ3) is 5.14. The first kappa shape index (κ1) is 20.4. The van der Waals surface area contributed by atoms with Crippen molar-refractivity contribution in [1.82, 2.24) is 14.9 Å². The summed E-state index contributed by atoms with van der Waals surface area (Å²) in [7, 11) is 0. The third-order valence-corrected chi connectivity index (χ3v) is 4.90. The predicted octanol–water partition coefficient (Wildman–Crippen LogP) is 2.87. The van der Waals surface area contributed by atoms with Gasteiger partial charge < -0.3 is 15.9 Å². The number of nitrogens with two attached hydrogens (primary N) is 1. The fraction of sp³-hybridized carbons (Fsp3) is 0.200. The molecular formula is C20H21N5O3S. The lowest BCUT2D eigenvalue weighted by Gasteiger charge is -2.07. The molecule has 150 valence electrons. The average molecular weight is 411 g/mol. The zero-order valence-electron chi connectivity index (χ0n) is 16.1. The van der Waals surface area contributed by atoms with Crippen molar-refractivity contribution in [2.24, 2.45) is 0 Å². The predicted molar refractivity (Wildman–Crippen MR) is 112 cm³/mol. The molecule has 9 heteroatoms. The summed E-state index contributed by atoms with van der Waals surface area (Å²) in [5.74, 6) is 6.12. The molecule has 0 radical (unpaired) electrons. The van der Waals surface area contributed by atoms with E-state index in [0.29, 0.717) is 28.8 Å². The first-order chi connectivity index (χ1) is 14.0. The summed E-state index contributed by atoms with van der Waals surface area (Å²) in [5.41, 5.74) is 2.96. The van der Waals surface area contributed by atoms with Crippen LogP contribution >= 0.6 is 11.8 Å². The van der Waals surface area contributed by atoms with E-state index >= 15 is 0 Å². The van der Waals surface area contributed by atoms with Crippen LogP contribution in [0, 0.1) is 6.92 Å². The molecule has 0 bridgehead atoms. The maximum absolute atomic E-state index is 12.2. The van der Waals surface area contributed by atoms with Crippen molar-refractivity contribution in [2.45, 2.75) is 19.0 Å². The molecule has 0 spiro atoms.